The van der Waals surface area contributed by atoms with E-state index in [1.807, 2.05) is 29.8 Å². The summed E-state index contributed by atoms with van der Waals surface area (Å²) in [5.41, 5.74) is 2.48. The number of aryl methyl sites for hydroxylation is 1. The molecule has 2 aromatic rings. The van der Waals surface area contributed by atoms with Crippen LogP contribution in [0.15, 0.2) is 42.4 Å². The van der Waals surface area contributed by atoms with E-state index in [9.17, 15) is 4.79 Å². The quantitative estimate of drug-likeness (QED) is 0.794. The molecule has 25 heavy (non-hydrogen) atoms. The van der Waals surface area contributed by atoms with Crippen molar-refractivity contribution in [3.63, 3.8) is 0 Å². The van der Waals surface area contributed by atoms with Crippen LogP contribution in [-0.4, -0.2) is 27.1 Å². The molecule has 0 bridgehead atoms. The Labute approximate surface area is 148 Å². The van der Waals surface area contributed by atoms with E-state index < -0.39 is 0 Å². The molecule has 0 spiro atoms. The third-order valence-electron chi connectivity index (χ3n) is 4.45. The first-order valence-corrected chi connectivity index (χ1v) is 8.87. The third kappa shape index (κ3) is 4.92. The van der Waals surface area contributed by atoms with Gasteiger partial charge in [-0.15, -0.1) is 0 Å². The summed E-state index contributed by atoms with van der Waals surface area (Å²) >= 11 is 0. The van der Waals surface area contributed by atoms with Gasteiger partial charge < -0.3 is 10.6 Å². The summed E-state index contributed by atoms with van der Waals surface area (Å²) in [6.45, 7) is 3.09. The predicted molar refractivity (Wildman–Crippen MR) is 97.5 cm³/mol. The van der Waals surface area contributed by atoms with Gasteiger partial charge in [-0.1, -0.05) is 11.6 Å². The Morgan fingerprint density at radius 2 is 2.16 bits per heavy atom. The van der Waals surface area contributed by atoms with Crippen LogP contribution < -0.4 is 10.6 Å². The fraction of sp³-hybridized carbons (Fsp3) is 0.421. The number of imidazole rings is 1. The van der Waals surface area contributed by atoms with Crippen LogP contribution in [0.2, 0.25) is 0 Å². The van der Waals surface area contributed by atoms with Crippen LogP contribution in [0.1, 0.15) is 43.5 Å². The van der Waals surface area contributed by atoms with E-state index in [-0.39, 0.29) is 6.03 Å². The Morgan fingerprint density at radius 1 is 1.24 bits per heavy atom. The highest BCUT2D eigenvalue weighted by Gasteiger charge is 2.06. The molecule has 2 aromatic heterocycles. The molecule has 0 fully saturated rings. The molecule has 6 nitrogen and oxygen atoms in total. The number of urea groups is 1. The number of nitrogens with zero attached hydrogens (tertiary/aromatic N) is 3. The molecule has 2 N–H and O–H groups in total. The Kier molecular flexibility index (Phi) is 5.82. The highest BCUT2D eigenvalue weighted by atomic mass is 16.2. The molecular formula is C19H25N5O. The molecule has 2 amide bonds. The van der Waals surface area contributed by atoms with Gasteiger partial charge in [0.15, 0.2) is 0 Å². The fourth-order valence-electron chi connectivity index (χ4n) is 3.04. The van der Waals surface area contributed by atoms with E-state index in [4.69, 9.17) is 0 Å². The lowest BCUT2D eigenvalue weighted by molar-refractivity contribution is 0.240. The Hall–Kier alpha value is -2.63. The van der Waals surface area contributed by atoms with Crippen LogP contribution in [0.5, 0.6) is 0 Å². The number of aromatic nitrogens is 3. The number of nitrogens with one attached hydrogen (secondary N) is 2. The van der Waals surface area contributed by atoms with Gasteiger partial charge in [0.05, 0.1) is 0 Å². The SMILES string of the molecule is Cc1nccn1-c1cc(CNC(=O)NCCC2=CCCCC2)ccn1. The molecule has 1 aliphatic carbocycles. The molecule has 0 aliphatic heterocycles. The molecule has 0 radical (unpaired) electrons. The molecule has 3 rings (SSSR count). The summed E-state index contributed by atoms with van der Waals surface area (Å²) in [5.74, 6) is 1.69. The molecule has 2 heterocycles. The van der Waals surface area contributed by atoms with E-state index in [0.717, 1.165) is 23.6 Å². The van der Waals surface area contributed by atoms with Crippen molar-refractivity contribution in [2.75, 3.05) is 6.54 Å². The van der Waals surface area contributed by atoms with Crippen molar-refractivity contribution in [3.8, 4) is 5.82 Å². The standard InChI is InChI=1S/C19H25N5O/c1-15-20-11-12-24(15)18-13-17(8-9-21-18)14-23-19(25)22-10-7-16-5-3-2-4-6-16/h5,8-9,11-13H,2-4,6-7,10,14H2,1H3,(H2,22,23,25). The lowest BCUT2D eigenvalue weighted by Gasteiger charge is -2.13. The zero-order valence-electron chi connectivity index (χ0n) is 14.7. The highest BCUT2D eigenvalue weighted by molar-refractivity contribution is 5.73. The fourth-order valence-corrected chi connectivity index (χ4v) is 3.04. The van der Waals surface area contributed by atoms with Gasteiger partial charge >= 0.3 is 6.03 Å². The van der Waals surface area contributed by atoms with Gasteiger partial charge in [-0.25, -0.2) is 14.8 Å². The van der Waals surface area contributed by atoms with Crippen LogP contribution in [0.4, 0.5) is 4.79 Å². The van der Waals surface area contributed by atoms with Gasteiger partial charge in [-0.05, 0) is 56.7 Å². The van der Waals surface area contributed by atoms with Gasteiger partial charge in [0.2, 0.25) is 0 Å². The minimum absolute atomic E-state index is 0.131. The van der Waals surface area contributed by atoms with E-state index >= 15 is 0 Å². The van der Waals surface area contributed by atoms with Crippen LogP contribution in [-0.2, 0) is 6.54 Å². The zero-order chi connectivity index (χ0) is 17.5. The van der Waals surface area contributed by atoms with Gasteiger partial charge in [-0.2, -0.15) is 0 Å². The Bertz CT molecular complexity index is 750. The third-order valence-corrected chi connectivity index (χ3v) is 4.45. The average molecular weight is 339 g/mol. The van der Waals surface area contributed by atoms with Gasteiger partial charge in [0.1, 0.15) is 11.6 Å². The number of rotatable bonds is 6. The van der Waals surface area contributed by atoms with Gasteiger partial charge in [0, 0.05) is 31.7 Å². The lowest BCUT2D eigenvalue weighted by Crippen LogP contribution is -2.35. The van der Waals surface area contributed by atoms with Crippen molar-refractivity contribution in [1.82, 2.24) is 25.2 Å². The largest absolute Gasteiger partial charge is 0.338 e. The number of pyridine rings is 1. The molecule has 6 heteroatoms. The number of carbonyl (C=O) groups is 1. The number of hydrogen-bond donors (Lipinski definition) is 2. The minimum atomic E-state index is -0.131. The van der Waals surface area contributed by atoms with Crippen molar-refractivity contribution in [2.24, 2.45) is 0 Å². The maximum Gasteiger partial charge on any atom is 0.315 e. The van der Waals surface area contributed by atoms with Crippen molar-refractivity contribution < 1.29 is 4.79 Å². The van der Waals surface area contributed by atoms with Crippen molar-refractivity contribution >= 4 is 6.03 Å². The zero-order valence-corrected chi connectivity index (χ0v) is 14.7. The summed E-state index contributed by atoms with van der Waals surface area (Å²) < 4.78 is 1.92. The topological polar surface area (TPSA) is 71.8 Å². The van der Waals surface area contributed by atoms with E-state index in [1.165, 1.54) is 31.3 Å². The Morgan fingerprint density at radius 3 is 2.92 bits per heavy atom. The molecule has 1 aliphatic rings. The van der Waals surface area contributed by atoms with E-state index in [0.29, 0.717) is 13.1 Å². The Balaban J connectivity index is 1.46. The summed E-state index contributed by atoms with van der Waals surface area (Å²) in [6.07, 6.45) is 13.6. The van der Waals surface area contributed by atoms with E-state index in [2.05, 4.69) is 26.7 Å². The number of allylic oxidation sites excluding steroid dienone is 1. The van der Waals surface area contributed by atoms with Crippen LogP contribution in [0.25, 0.3) is 5.82 Å². The molecule has 0 aromatic carbocycles. The summed E-state index contributed by atoms with van der Waals surface area (Å²) in [7, 11) is 0. The van der Waals surface area contributed by atoms with Crippen molar-refractivity contribution in [1.29, 1.82) is 0 Å². The highest BCUT2D eigenvalue weighted by Crippen LogP contribution is 2.19. The molecule has 0 saturated heterocycles. The summed E-state index contributed by atoms with van der Waals surface area (Å²) in [6, 6.07) is 3.73. The van der Waals surface area contributed by atoms with E-state index in [1.54, 1.807) is 12.4 Å². The van der Waals surface area contributed by atoms with Crippen molar-refractivity contribution in [2.45, 2.75) is 45.6 Å². The normalized spacial score (nSPS) is 14.0. The summed E-state index contributed by atoms with van der Waals surface area (Å²) in [5, 5.41) is 5.83. The minimum Gasteiger partial charge on any atom is -0.338 e. The molecule has 132 valence electrons. The first kappa shape index (κ1) is 17.2. The second-order valence-electron chi connectivity index (χ2n) is 6.33. The molecule has 0 saturated carbocycles. The number of carbonyl (C=O) groups excluding carboxylic acids is 1. The summed E-state index contributed by atoms with van der Waals surface area (Å²) in [4.78, 5) is 20.5. The predicted octanol–water partition coefficient (Wildman–Crippen LogP) is 3.27. The molecule has 0 unspecified atom stereocenters. The van der Waals surface area contributed by atoms with Crippen LogP contribution in [0.3, 0.4) is 0 Å². The maximum atomic E-state index is 12.0. The number of hydrogen-bond acceptors (Lipinski definition) is 3. The number of amides is 2. The van der Waals surface area contributed by atoms with Crippen LogP contribution in [0, 0.1) is 6.92 Å². The van der Waals surface area contributed by atoms with Crippen LogP contribution >= 0.6 is 0 Å². The lowest BCUT2D eigenvalue weighted by atomic mass is 9.97. The smallest absolute Gasteiger partial charge is 0.315 e. The first-order chi connectivity index (χ1) is 12.2. The second-order valence-corrected chi connectivity index (χ2v) is 6.33. The molecule has 0 atom stereocenters. The maximum absolute atomic E-state index is 12.0. The van der Waals surface area contributed by atoms with Gasteiger partial charge in [-0.3, -0.25) is 4.57 Å². The first-order valence-electron chi connectivity index (χ1n) is 8.87. The van der Waals surface area contributed by atoms with Gasteiger partial charge in [0.25, 0.3) is 0 Å². The second kappa shape index (κ2) is 8.46. The average Bonchev–Trinajstić information content (AvgIpc) is 3.07. The van der Waals surface area contributed by atoms with Crippen molar-refractivity contribution in [3.05, 3.63) is 53.8 Å². The monoisotopic (exact) mass is 339 g/mol. The molecular weight excluding hydrogens is 314 g/mol.